The number of benzene rings is 1. The van der Waals surface area contributed by atoms with Crippen molar-refractivity contribution in [2.45, 2.75) is 9.79 Å². The molecule has 0 saturated carbocycles. The van der Waals surface area contributed by atoms with Gasteiger partial charge in [0.2, 0.25) is 0 Å². The summed E-state index contributed by atoms with van der Waals surface area (Å²) in [6.07, 6.45) is 0. The van der Waals surface area contributed by atoms with Crippen molar-refractivity contribution in [1.82, 2.24) is 0 Å². The molecule has 0 aliphatic heterocycles. The summed E-state index contributed by atoms with van der Waals surface area (Å²) in [6.45, 7) is -0.902. The molecule has 0 fully saturated rings. The summed E-state index contributed by atoms with van der Waals surface area (Å²) in [5.74, 6) is -0.903. The van der Waals surface area contributed by atoms with E-state index in [0.29, 0.717) is 0 Å². The summed E-state index contributed by atoms with van der Waals surface area (Å²) in [7, 11) is -13.8. The van der Waals surface area contributed by atoms with Gasteiger partial charge in [0.05, 0.1) is 17.3 Å². The predicted molar refractivity (Wildman–Crippen MR) is 65.8 cm³/mol. The molecule has 12 heteroatoms. The van der Waals surface area contributed by atoms with E-state index in [1.54, 1.807) is 0 Å². The third kappa shape index (κ3) is 4.81. The molecule has 0 aromatic heterocycles. The van der Waals surface area contributed by atoms with Crippen LogP contribution in [0.1, 0.15) is 0 Å². The molecule has 20 heavy (non-hydrogen) atoms. The van der Waals surface area contributed by atoms with Gasteiger partial charge in [0.1, 0.15) is 4.90 Å². The smallest absolute Gasteiger partial charge is 0.282 e. The van der Waals surface area contributed by atoms with Gasteiger partial charge in [0, 0.05) is 0 Å². The standard InChI is InChI=1S/C8H10O9S3/c9-18(10,6-5-17-20(14,15)16)7-3-1-2-4-8(7)19(11,12)13/h1-4H,5-6H2,(H,11,12,13)(H,14,15,16). The van der Waals surface area contributed by atoms with Crippen molar-refractivity contribution in [3.63, 3.8) is 0 Å². The summed E-state index contributed by atoms with van der Waals surface area (Å²) in [6, 6.07) is 4.25. The van der Waals surface area contributed by atoms with Crippen molar-refractivity contribution in [2.75, 3.05) is 12.4 Å². The van der Waals surface area contributed by atoms with Crippen LogP contribution in [0.25, 0.3) is 0 Å². The molecule has 1 rings (SSSR count). The maximum Gasteiger partial charge on any atom is 0.397 e. The monoisotopic (exact) mass is 346 g/mol. The van der Waals surface area contributed by atoms with E-state index in [4.69, 9.17) is 9.11 Å². The average molecular weight is 346 g/mol. The zero-order valence-electron chi connectivity index (χ0n) is 9.70. The van der Waals surface area contributed by atoms with E-state index in [1.165, 1.54) is 12.1 Å². The van der Waals surface area contributed by atoms with E-state index >= 15 is 0 Å². The lowest BCUT2D eigenvalue weighted by molar-refractivity contribution is 0.284. The first-order valence-electron chi connectivity index (χ1n) is 4.84. The second kappa shape index (κ2) is 5.75. The van der Waals surface area contributed by atoms with E-state index < -0.39 is 52.5 Å². The first-order valence-corrected chi connectivity index (χ1v) is 9.30. The third-order valence-corrected chi connectivity index (χ3v) is 5.28. The Kier molecular flexibility index (Phi) is 4.89. The van der Waals surface area contributed by atoms with E-state index in [-0.39, 0.29) is 0 Å². The Morgan fingerprint density at radius 2 is 1.40 bits per heavy atom. The minimum atomic E-state index is -4.80. The molecule has 0 heterocycles. The summed E-state index contributed by atoms with van der Waals surface area (Å²) in [5, 5.41) is 0. The van der Waals surface area contributed by atoms with Gasteiger partial charge in [0.25, 0.3) is 10.1 Å². The Balaban J connectivity index is 3.12. The van der Waals surface area contributed by atoms with Gasteiger partial charge in [-0.2, -0.15) is 16.8 Å². The van der Waals surface area contributed by atoms with Crippen LogP contribution in [0.4, 0.5) is 0 Å². The van der Waals surface area contributed by atoms with E-state index in [2.05, 4.69) is 4.18 Å². The van der Waals surface area contributed by atoms with Crippen LogP contribution in [-0.2, 0) is 34.5 Å². The SMILES string of the molecule is O=S(=O)(O)OCCS(=O)(=O)c1ccccc1S(=O)(=O)O. The first-order chi connectivity index (χ1) is 8.93. The average Bonchev–Trinajstić information content (AvgIpc) is 2.25. The third-order valence-electron chi connectivity index (χ3n) is 2.05. The van der Waals surface area contributed by atoms with Gasteiger partial charge >= 0.3 is 10.4 Å². The van der Waals surface area contributed by atoms with Gasteiger partial charge in [-0.15, -0.1) is 0 Å². The van der Waals surface area contributed by atoms with Crippen LogP contribution >= 0.6 is 0 Å². The molecule has 1 aromatic carbocycles. The van der Waals surface area contributed by atoms with Gasteiger partial charge < -0.3 is 0 Å². The Morgan fingerprint density at radius 3 is 1.85 bits per heavy atom. The zero-order chi connectivity index (χ0) is 15.6. The van der Waals surface area contributed by atoms with Crippen LogP contribution in [0.2, 0.25) is 0 Å². The fraction of sp³-hybridized carbons (Fsp3) is 0.250. The highest BCUT2D eigenvalue weighted by molar-refractivity contribution is 7.92. The summed E-state index contributed by atoms with van der Waals surface area (Å²) >= 11 is 0. The van der Waals surface area contributed by atoms with Gasteiger partial charge in [-0.3, -0.25) is 9.11 Å². The number of sulfone groups is 1. The van der Waals surface area contributed by atoms with Crippen LogP contribution in [0, 0.1) is 0 Å². The van der Waals surface area contributed by atoms with Crippen molar-refractivity contribution in [1.29, 1.82) is 0 Å². The molecule has 0 saturated heterocycles. The van der Waals surface area contributed by atoms with Gasteiger partial charge in [0.15, 0.2) is 9.84 Å². The number of hydrogen-bond acceptors (Lipinski definition) is 7. The molecule has 0 radical (unpaired) electrons. The van der Waals surface area contributed by atoms with Crippen molar-refractivity contribution < 1.29 is 38.5 Å². The quantitative estimate of drug-likeness (QED) is 0.651. The van der Waals surface area contributed by atoms with Crippen LogP contribution in [-0.4, -0.2) is 46.7 Å². The van der Waals surface area contributed by atoms with Crippen LogP contribution in [0.15, 0.2) is 34.1 Å². The number of hydrogen-bond donors (Lipinski definition) is 2. The number of rotatable bonds is 6. The maximum atomic E-state index is 11.9. The maximum absolute atomic E-state index is 11.9. The Labute approximate surface area is 115 Å². The molecule has 0 amide bonds. The highest BCUT2D eigenvalue weighted by Gasteiger charge is 2.25. The second-order valence-electron chi connectivity index (χ2n) is 3.49. The van der Waals surface area contributed by atoms with Crippen LogP contribution in [0.5, 0.6) is 0 Å². The summed E-state index contributed by atoms with van der Waals surface area (Å²) in [5.41, 5.74) is 0. The molecule has 0 spiro atoms. The van der Waals surface area contributed by atoms with Crippen molar-refractivity contribution in [3.8, 4) is 0 Å². The molecule has 1 aromatic rings. The van der Waals surface area contributed by atoms with Crippen molar-refractivity contribution >= 4 is 30.4 Å². The Bertz CT molecular complexity index is 789. The Morgan fingerprint density at radius 1 is 0.900 bits per heavy atom. The molecule has 0 unspecified atom stereocenters. The normalized spacial score (nSPS) is 13.3. The highest BCUT2D eigenvalue weighted by atomic mass is 32.3. The molecule has 9 nitrogen and oxygen atoms in total. The molecule has 0 bridgehead atoms. The minimum Gasteiger partial charge on any atom is -0.282 e. The van der Waals surface area contributed by atoms with E-state index in [0.717, 1.165) is 12.1 Å². The van der Waals surface area contributed by atoms with Crippen LogP contribution < -0.4 is 0 Å². The van der Waals surface area contributed by atoms with E-state index in [1.807, 2.05) is 0 Å². The fourth-order valence-electron chi connectivity index (χ4n) is 1.28. The largest absolute Gasteiger partial charge is 0.397 e. The lowest BCUT2D eigenvalue weighted by atomic mass is 10.4. The molecule has 0 aliphatic rings. The molecule has 0 atom stereocenters. The lowest BCUT2D eigenvalue weighted by Crippen LogP contribution is -2.17. The second-order valence-corrected chi connectivity index (χ2v) is 8.05. The minimum absolute atomic E-state index is 0.693. The van der Waals surface area contributed by atoms with Crippen molar-refractivity contribution in [3.05, 3.63) is 24.3 Å². The fourth-order valence-corrected chi connectivity index (χ4v) is 4.13. The predicted octanol–water partition coefficient (Wildman–Crippen LogP) is -0.474. The molecule has 114 valence electrons. The van der Waals surface area contributed by atoms with Gasteiger partial charge in [-0.25, -0.2) is 12.6 Å². The van der Waals surface area contributed by atoms with Gasteiger partial charge in [-0.1, -0.05) is 12.1 Å². The highest BCUT2D eigenvalue weighted by Crippen LogP contribution is 2.21. The van der Waals surface area contributed by atoms with E-state index in [9.17, 15) is 25.3 Å². The summed E-state index contributed by atoms with van der Waals surface area (Å²) < 4.78 is 87.5. The first kappa shape index (κ1) is 17.0. The van der Waals surface area contributed by atoms with Crippen LogP contribution in [0.3, 0.4) is 0 Å². The topological polar surface area (TPSA) is 152 Å². The Hall–Kier alpha value is -1.05. The molecular formula is C8H10O9S3. The van der Waals surface area contributed by atoms with Crippen molar-refractivity contribution in [2.24, 2.45) is 0 Å². The lowest BCUT2D eigenvalue weighted by Gasteiger charge is -2.07. The van der Waals surface area contributed by atoms with Gasteiger partial charge in [-0.05, 0) is 12.1 Å². The zero-order valence-corrected chi connectivity index (χ0v) is 12.2. The molecule has 0 aliphatic carbocycles. The molecule has 2 N–H and O–H groups in total. The summed E-state index contributed by atoms with van der Waals surface area (Å²) in [4.78, 5) is -1.52. The molecular weight excluding hydrogens is 336 g/mol.